The van der Waals surface area contributed by atoms with Gasteiger partial charge in [0.1, 0.15) is 39.0 Å². The van der Waals surface area contributed by atoms with Crippen molar-refractivity contribution >= 4 is 60.6 Å². The van der Waals surface area contributed by atoms with Gasteiger partial charge in [0.25, 0.3) is 0 Å². The van der Waals surface area contributed by atoms with Crippen LogP contribution in [0.2, 0.25) is 10.0 Å². The Balaban J connectivity index is 1.35. The van der Waals surface area contributed by atoms with Crippen LogP contribution in [0, 0.1) is 13.8 Å². The standard InChI is InChI=1S/C23H15Cl2N5O2S/c1-11-8-12(2)27-23-17(11)19-20(33-23)22-28-21(29-30(22)10-26-19)16-7-6-13(32-16)9-31-15-5-3-4-14(24)18(15)25/h3-8,10H,9H2,1-2H3. The Hall–Kier alpha value is -3.20. The average Bonchev–Trinajstić information content (AvgIpc) is 3.50. The van der Waals surface area contributed by atoms with Crippen molar-refractivity contribution in [2.24, 2.45) is 0 Å². The summed E-state index contributed by atoms with van der Waals surface area (Å²) in [5.41, 5.74) is 3.73. The number of furan rings is 1. The van der Waals surface area contributed by atoms with E-state index in [0.29, 0.717) is 33.1 Å². The minimum atomic E-state index is 0.194. The number of fused-ring (bicyclic) bond motifs is 5. The van der Waals surface area contributed by atoms with Crippen molar-refractivity contribution in [3.8, 4) is 17.3 Å². The van der Waals surface area contributed by atoms with E-state index in [1.54, 1.807) is 40.4 Å². The van der Waals surface area contributed by atoms with Crippen molar-refractivity contribution in [3.63, 3.8) is 0 Å². The van der Waals surface area contributed by atoms with Crippen LogP contribution in [0.4, 0.5) is 0 Å². The van der Waals surface area contributed by atoms with E-state index in [4.69, 9.17) is 37.3 Å². The zero-order valence-corrected chi connectivity index (χ0v) is 19.8. The largest absolute Gasteiger partial charge is 0.484 e. The van der Waals surface area contributed by atoms with Crippen LogP contribution >= 0.6 is 34.5 Å². The predicted octanol–water partition coefficient (Wildman–Crippen LogP) is 6.65. The monoisotopic (exact) mass is 495 g/mol. The number of thiophene rings is 1. The molecule has 1 aromatic carbocycles. The summed E-state index contributed by atoms with van der Waals surface area (Å²) in [7, 11) is 0. The molecule has 5 heterocycles. The number of hydrogen-bond acceptors (Lipinski definition) is 7. The van der Waals surface area contributed by atoms with Crippen molar-refractivity contribution in [2.75, 3.05) is 0 Å². The fourth-order valence-corrected chi connectivity index (χ4v) is 5.36. The zero-order chi connectivity index (χ0) is 22.7. The Kier molecular flexibility index (Phi) is 4.76. The summed E-state index contributed by atoms with van der Waals surface area (Å²) in [4.78, 5) is 15.0. The van der Waals surface area contributed by atoms with Gasteiger partial charge in [0.15, 0.2) is 11.4 Å². The highest BCUT2D eigenvalue weighted by Crippen LogP contribution is 2.36. The zero-order valence-electron chi connectivity index (χ0n) is 17.5. The molecule has 0 fully saturated rings. The van der Waals surface area contributed by atoms with E-state index in [1.165, 1.54) is 0 Å². The van der Waals surface area contributed by atoms with Crippen LogP contribution in [0.3, 0.4) is 0 Å². The first kappa shape index (κ1) is 20.4. The second-order valence-corrected chi connectivity index (χ2v) is 9.38. The summed E-state index contributed by atoms with van der Waals surface area (Å²) in [5, 5.41) is 6.42. The summed E-state index contributed by atoms with van der Waals surface area (Å²) in [5.74, 6) is 2.11. The molecule has 5 aromatic heterocycles. The number of aromatic nitrogens is 5. The van der Waals surface area contributed by atoms with Gasteiger partial charge in [-0.1, -0.05) is 29.3 Å². The van der Waals surface area contributed by atoms with E-state index in [9.17, 15) is 0 Å². The Morgan fingerprint density at radius 2 is 2.00 bits per heavy atom. The van der Waals surface area contributed by atoms with Crippen LogP contribution in [0.15, 0.2) is 47.1 Å². The molecule has 6 rings (SSSR count). The number of pyridine rings is 1. The highest BCUT2D eigenvalue weighted by molar-refractivity contribution is 7.26. The number of benzene rings is 1. The highest BCUT2D eigenvalue weighted by atomic mass is 35.5. The molecule has 0 bridgehead atoms. The molecule has 7 nitrogen and oxygen atoms in total. The SMILES string of the molecule is Cc1cc(C)c2c(n1)sc1c2ncn2nc(-c3ccc(COc4cccc(Cl)c4Cl)o3)nc12. The molecule has 0 aliphatic carbocycles. The normalized spacial score (nSPS) is 11.8. The second-order valence-electron chi connectivity index (χ2n) is 7.60. The Bertz CT molecular complexity index is 1690. The molecule has 0 atom stereocenters. The minimum Gasteiger partial charge on any atom is -0.484 e. The molecule has 0 spiro atoms. The maximum absolute atomic E-state index is 6.18. The molecule has 0 saturated carbocycles. The fraction of sp³-hybridized carbons (Fsp3) is 0.130. The molecule has 0 aliphatic heterocycles. The van der Waals surface area contributed by atoms with Gasteiger partial charge in [0, 0.05) is 11.1 Å². The number of rotatable bonds is 4. The van der Waals surface area contributed by atoms with Crippen LogP contribution in [0.25, 0.3) is 37.7 Å². The smallest absolute Gasteiger partial charge is 0.218 e. The van der Waals surface area contributed by atoms with Crippen molar-refractivity contribution < 1.29 is 9.15 Å². The minimum absolute atomic E-state index is 0.194. The van der Waals surface area contributed by atoms with Gasteiger partial charge in [-0.15, -0.1) is 16.4 Å². The molecule has 0 aliphatic rings. The maximum Gasteiger partial charge on any atom is 0.218 e. The van der Waals surface area contributed by atoms with E-state index in [0.717, 1.165) is 37.3 Å². The summed E-state index contributed by atoms with van der Waals surface area (Å²) >= 11 is 13.8. The van der Waals surface area contributed by atoms with Crippen LogP contribution in [0.5, 0.6) is 5.75 Å². The van der Waals surface area contributed by atoms with Gasteiger partial charge >= 0.3 is 0 Å². The number of nitrogens with zero attached hydrogens (tertiary/aromatic N) is 5. The lowest BCUT2D eigenvalue weighted by Gasteiger charge is -2.06. The lowest BCUT2D eigenvalue weighted by atomic mass is 10.1. The van der Waals surface area contributed by atoms with Crippen LogP contribution in [-0.2, 0) is 6.61 Å². The van der Waals surface area contributed by atoms with Crippen molar-refractivity contribution in [1.29, 1.82) is 0 Å². The summed E-state index contributed by atoms with van der Waals surface area (Å²) < 4.78 is 14.3. The number of aryl methyl sites for hydroxylation is 2. The Labute approximate surface area is 201 Å². The quantitative estimate of drug-likeness (QED) is 0.272. The van der Waals surface area contributed by atoms with E-state index in [-0.39, 0.29) is 6.61 Å². The highest BCUT2D eigenvalue weighted by Gasteiger charge is 2.18. The van der Waals surface area contributed by atoms with Crippen molar-refractivity contribution in [2.45, 2.75) is 20.5 Å². The van der Waals surface area contributed by atoms with Gasteiger partial charge < -0.3 is 9.15 Å². The lowest BCUT2D eigenvalue weighted by Crippen LogP contribution is -1.94. The molecule has 0 N–H and O–H groups in total. The molecule has 0 radical (unpaired) electrons. The van der Waals surface area contributed by atoms with E-state index in [2.05, 4.69) is 28.1 Å². The van der Waals surface area contributed by atoms with E-state index >= 15 is 0 Å². The third kappa shape index (κ3) is 3.42. The first-order valence-electron chi connectivity index (χ1n) is 10.1. The molecule has 10 heteroatoms. The number of hydrogen-bond donors (Lipinski definition) is 0. The molecular weight excluding hydrogens is 481 g/mol. The Morgan fingerprint density at radius 3 is 2.88 bits per heavy atom. The van der Waals surface area contributed by atoms with Gasteiger partial charge in [0.2, 0.25) is 5.82 Å². The average molecular weight is 496 g/mol. The van der Waals surface area contributed by atoms with Crippen molar-refractivity contribution in [3.05, 3.63) is 69.8 Å². The number of ether oxygens (including phenoxy) is 1. The van der Waals surface area contributed by atoms with Crippen LogP contribution in [-0.4, -0.2) is 24.6 Å². The summed E-state index contributed by atoms with van der Waals surface area (Å²) in [6.07, 6.45) is 1.67. The number of halogens is 2. The third-order valence-corrected chi connectivity index (χ3v) is 7.13. The topological polar surface area (TPSA) is 78.3 Å². The first-order chi connectivity index (χ1) is 16.0. The van der Waals surface area contributed by atoms with Gasteiger partial charge in [-0.25, -0.2) is 19.5 Å². The van der Waals surface area contributed by atoms with E-state index < -0.39 is 0 Å². The molecule has 0 amide bonds. The summed E-state index contributed by atoms with van der Waals surface area (Å²) in [6, 6.07) is 10.9. The van der Waals surface area contributed by atoms with E-state index in [1.807, 2.05) is 19.1 Å². The van der Waals surface area contributed by atoms with Gasteiger partial charge in [-0.3, -0.25) is 0 Å². The fourth-order valence-electron chi connectivity index (χ4n) is 3.79. The second kappa shape index (κ2) is 7.69. The molecule has 0 saturated heterocycles. The third-order valence-electron chi connectivity index (χ3n) is 5.26. The van der Waals surface area contributed by atoms with Gasteiger partial charge in [0.05, 0.1) is 10.5 Å². The predicted molar refractivity (Wildman–Crippen MR) is 129 cm³/mol. The molecule has 6 aromatic rings. The lowest BCUT2D eigenvalue weighted by molar-refractivity contribution is 0.272. The van der Waals surface area contributed by atoms with Crippen LogP contribution in [0.1, 0.15) is 17.0 Å². The van der Waals surface area contributed by atoms with Gasteiger partial charge in [-0.05, 0) is 49.7 Å². The molecule has 164 valence electrons. The summed E-state index contributed by atoms with van der Waals surface area (Å²) in [6.45, 7) is 4.26. The molecule has 33 heavy (non-hydrogen) atoms. The van der Waals surface area contributed by atoms with Crippen molar-refractivity contribution in [1.82, 2.24) is 24.6 Å². The maximum atomic E-state index is 6.18. The van der Waals surface area contributed by atoms with Gasteiger partial charge in [-0.2, -0.15) is 0 Å². The first-order valence-corrected chi connectivity index (χ1v) is 11.6. The molecule has 0 unspecified atom stereocenters. The molecular formula is C23H15Cl2N5O2S. The Morgan fingerprint density at radius 1 is 1.12 bits per heavy atom. The van der Waals surface area contributed by atoms with Crippen LogP contribution < -0.4 is 4.74 Å².